The molecule has 1 aromatic carbocycles. The number of ether oxygens (including phenoxy) is 3. The van der Waals surface area contributed by atoms with Crippen molar-refractivity contribution in [3.63, 3.8) is 0 Å². The van der Waals surface area contributed by atoms with E-state index >= 15 is 0 Å². The van der Waals surface area contributed by atoms with Crippen molar-refractivity contribution in [2.24, 2.45) is 0 Å². The Kier molecular flexibility index (Phi) is 7.70. The maximum absolute atomic E-state index is 12.2. The third kappa shape index (κ3) is 5.84. The number of methoxy groups -OCH3 is 1. The summed E-state index contributed by atoms with van der Waals surface area (Å²) < 4.78 is 16.2. The van der Waals surface area contributed by atoms with Crippen molar-refractivity contribution in [1.82, 2.24) is 20.2 Å². The van der Waals surface area contributed by atoms with E-state index in [4.69, 9.17) is 19.2 Å². The summed E-state index contributed by atoms with van der Waals surface area (Å²) in [5, 5.41) is 5.76. The molecule has 2 N–H and O–H groups in total. The van der Waals surface area contributed by atoms with Crippen molar-refractivity contribution in [1.29, 1.82) is 0 Å². The van der Waals surface area contributed by atoms with Crippen molar-refractivity contribution in [2.45, 2.75) is 0 Å². The molecular weight excluding hydrogens is 412 g/mol. The fourth-order valence-electron chi connectivity index (χ4n) is 3.68. The highest BCUT2D eigenvalue weighted by molar-refractivity contribution is 5.89. The molecule has 172 valence electrons. The van der Waals surface area contributed by atoms with Crippen LogP contribution in [0.15, 0.2) is 30.5 Å². The Balaban J connectivity index is 1.34. The van der Waals surface area contributed by atoms with Gasteiger partial charge in [0, 0.05) is 50.5 Å². The third-order valence-electron chi connectivity index (χ3n) is 5.49. The largest absolute Gasteiger partial charge is 0.491 e. The van der Waals surface area contributed by atoms with E-state index in [-0.39, 0.29) is 6.03 Å². The predicted molar refractivity (Wildman–Crippen MR) is 121 cm³/mol. The van der Waals surface area contributed by atoms with Gasteiger partial charge in [0.2, 0.25) is 0 Å². The van der Waals surface area contributed by atoms with Gasteiger partial charge in [-0.15, -0.1) is 0 Å². The fraction of sp³-hybridized carbons (Fsp3) is 0.500. The third-order valence-corrected chi connectivity index (χ3v) is 5.49. The minimum atomic E-state index is -0.221. The van der Waals surface area contributed by atoms with E-state index in [2.05, 4.69) is 25.4 Å². The number of morpholine rings is 2. The van der Waals surface area contributed by atoms with Crippen molar-refractivity contribution in [2.75, 3.05) is 83.0 Å². The summed E-state index contributed by atoms with van der Waals surface area (Å²) >= 11 is 0. The van der Waals surface area contributed by atoms with Crippen LogP contribution in [-0.4, -0.2) is 93.7 Å². The molecule has 2 aliphatic rings. The van der Waals surface area contributed by atoms with Crippen LogP contribution < -0.4 is 20.3 Å². The summed E-state index contributed by atoms with van der Waals surface area (Å²) in [4.78, 5) is 25.8. The summed E-state index contributed by atoms with van der Waals surface area (Å²) in [6.07, 6.45) is 1.70. The van der Waals surface area contributed by atoms with Gasteiger partial charge in [-0.25, -0.2) is 14.8 Å². The van der Waals surface area contributed by atoms with Crippen LogP contribution in [0.5, 0.6) is 5.75 Å². The lowest BCUT2D eigenvalue weighted by atomic mass is 10.2. The van der Waals surface area contributed by atoms with Crippen LogP contribution in [0.2, 0.25) is 0 Å². The van der Waals surface area contributed by atoms with Crippen LogP contribution in [0.25, 0.3) is 11.4 Å². The zero-order valence-corrected chi connectivity index (χ0v) is 18.4. The van der Waals surface area contributed by atoms with Gasteiger partial charge in [-0.2, -0.15) is 0 Å². The number of hydrogen-bond donors (Lipinski definition) is 2. The summed E-state index contributed by atoms with van der Waals surface area (Å²) in [5.41, 5.74) is 1.57. The molecule has 2 saturated heterocycles. The van der Waals surface area contributed by atoms with E-state index < -0.39 is 0 Å². The monoisotopic (exact) mass is 442 g/mol. The molecular formula is C22H30N6O4. The second-order valence-electron chi connectivity index (χ2n) is 7.60. The van der Waals surface area contributed by atoms with Crippen molar-refractivity contribution in [3.05, 3.63) is 30.5 Å². The van der Waals surface area contributed by atoms with Crippen LogP contribution in [0.3, 0.4) is 0 Å². The Morgan fingerprint density at radius 3 is 2.44 bits per heavy atom. The summed E-state index contributed by atoms with van der Waals surface area (Å²) in [5.74, 6) is 2.01. The Hall–Kier alpha value is -2.95. The second kappa shape index (κ2) is 11.1. The number of carbonyl (C=O) groups excluding carboxylic acids is 1. The number of nitrogens with one attached hydrogen (secondary N) is 2. The minimum absolute atomic E-state index is 0.221. The molecule has 2 aromatic rings. The van der Waals surface area contributed by atoms with E-state index in [1.165, 1.54) is 0 Å². The Morgan fingerprint density at radius 2 is 1.75 bits per heavy atom. The first kappa shape index (κ1) is 22.3. The number of aromatic nitrogens is 2. The highest BCUT2D eigenvalue weighted by Crippen LogP contribution is 2.29. The first-order valence-electron chi connectivity index (χ1n) is 10.9. The number of anilines is 2. The van der Waals surface area contributed by atoms with E-state index in [9.17, 15) is 4.79 Å². The Bertz CT molecular complexity index is 882. The second-order valence-corrected chi connectivity index (χ2v) is 7.60. The smallest absolute Gasteiger partial charge is 0.319 e. The molecule has 4 rings (SSSR count). The van der Waals surface area contributed by atoms with Gasteiger partial charge < -0.3 is 29.7 Å². The van der Waals surface area contributed by atoms with Crippen LogP contribution in [0, 0.1) is 0 Å². The van der Waals surface area contributed by atoms with Crippen LogP contribution in [0.1, 0.15) is 0 Å². The predicted octanol–water partition coefficient (Wildman–Crippen LogP) is 1.44. The molecule has 10 nitrogen and oxygen atoms in total. The molecule has 0 unspecified atom stereocenters. The van der Waals surface area contributed by atoms with Gasteiger partial charge in [0.15, 0.2) is 17.4 Å². The maximum atomic E-state index is 12.2. The number of nitrogens with zero attached hydrogens (tertiary/aromatic N) is 4. The van der Waals surface area contributed by atoms with Crippen molar-refractivity contribution < 1.29 is 19.0 Å². The van der Waals surface area contributed by atoms with Gasteiger partial charge in [-0.05, 0) is 24.3 Å². The molecule has 0 saturated carbocycles. The van der Waals surface area contributed by atoms with Gasteiger partial charge in [-0.1, -0.05) is 0 Å². The zero-order valence-electron chi connectivity index (χ0n) is 18.4. The SMILES string of the molecule is COc1cnc(-c2ccc(NC(=O)NCCN3CCOCC3)cc2)nc1N1CCOCC1. The van der Waals surface area contributed by atoms with E-state index in [1.807, 2.05) is 24.3 Å². The van der Waals surface area contributed by atoms with Crippen molar-refractivity contribution >= 4 is 17.5 Å². The van der Waals surface area contributed by atoms with Gasteiger partial charge in [0.05, 0.1) is 39.7 Å². The van der Waals surface area contributed by atoms with E-state index in [0.29, 0.717) is 37.0 Å². The van der Waals surface area contributed by atoms with Crippen LogP contribution in [-0.2, 0) is 9.47 Å². The Labute approximate surface area is 187 Å². The molecule has 32 heavy (non-hydrogen) atoms. The quantitative estimate of drug-likeness (QED) is 0.665. The number of rotatable bonds is 7. The summed E-state index contributed by atoms with van der Waals surface area (Å²) in [6.45, 7) is 7.58. The number of hydrogen-bond acceptors (Lipinski definition) is 8. The molecule has 0 aliphatic carbocycles. The van der Waals surface area contributed by atoms with Crippen LogP contribution in [0.4, 0.5) is 16.3 Å². The van der Waals surface area contributed by atoms with E-state index in [1.54, 1.807) is 13.3 Å². The number of amides is 2. The van der Waals surface area contributed by atoms with Gasteiger partial charge in [-0.3, -0.25) is 4.90 Å². The standard InChI is InChI=1S/C22H30N6O4/c1-30-19-16-24-20(26-21(19)28-10-14-32-15-11-28)17-2-4-18(5-3-17)25-22(29)23-6-7-27-8-12-31-13-9-27/h2-5,16H,6-15H2,1H3,(H2,23,25,29). The fourth-order valence-corrected chi connectivity index (χ4v) is 3.68. The molecule has 0 spiro atoms. The van der Waals surface area contributed by atoms with Crippen molar-refractivity contribution in [3.8, 4) is 17.1 Å². The number of benzene rings is 1. The maximum Gasteiger partial charge on any atom is 0.319 e. The van der Waals surface area contributed by atoms with Gasteiger partial charge >= 0.3 is 6.03 Å². The zero-order chi connectivity index (χ0) is 22.2. The highest BCUT2D eigenvalue weighted by Gasteiger charge is 2.19. The summed E-state index contributed by atoms with van der Waals surface area (Å²) in [6, 6.07) is 7.27. The Morgan fingerprint density at radius 1 is 1.06 bits per heavy atom. The summed E-state index contributed by atoms with van der Waals surface area (Å²) in [7, 11) is 1.62. The first-order chi connectivity index (χ1) is 15.7. The lowest BCUT2D eigenvalue weighted by Crippen LogP contribution is -2.42. The molecule has 2 amide bonds. The lowest BCUT2D eigenvalue weighted by Gasteiger charge is -2.28. The average Bonchev–Trinajstić information content (AvgIpc) is 2.85. The molecule has 10 heteroatoms. The topological polar surface area (TPSA) is 101 Å². The highest BCUT2D eigenvalue weighted by atomic mass is 16.5. The minimum Gasteiger partial charge on any atom is -0.491 e. The van der Waals surface area contributed by atoms with Gasteiger partial charge in [0.25, 0.3) is 0 Å². The molecule has 2 aliphatic heterocycles. The first-order valence-corrected chi connectivity index (χ1v) is 10.9. The molecule has 3 heterocycles. The average molecular weight is 443 g/mol. The van der Waals surface area contributed by atoms with E-state index in [0.717, 1.165) is 57.3 Å². The number of urea groups is 1. The molecule has 1 aromatic heterocycles. The number of carbonyl (C=O) groups is 1. The molecule has 0 radical (unpaired) electrons. The van der Waals surface area contributed by atoms with Gasteiger partial charge in [0.1, 0.15) is 0 Å². The molecule has 0 bridgehead atoms. The molecule has 0 atom stereocenters. The lowest BCUT2D eigenvalue weighted by molar-refractivity contribution is 0.0388. The normalized spacial score (nSPS) is 17.1. The molecule has 2 fully saturated rings. The van der Waals surface area contributed by atoms with Crippen LogP contribution >= 0.6 is 0 Å².